The molecule has 0 bridgehead atoms. The Balaban J connectivity index is 2.07. The highest BCUT2D eigenvalue weighted by Gasteiger charge is 2.30. The van der Waals surface area contributed by atoms with Gasteiger partial charge in [-0.1, -0.05) is 39.8 Å². The van der Waals surface area contributed by atoms with Crippen molar-refractivity contribution in [3.8, 4) is 0 Å². The molecule has 1 aliphatic heterocycles. The number of carbonyl (C=O) groups is 2. The number of carboxylic acid groups (broad SMARTS) is 1. The van der Waals surface area contributed by atoms with Crippen LogP contribution in [0.2, 0.25) is 0 Å². The molecule has 0 aliphatic carbocycles. The van der Waals surface area contributed by atoms with E-state index in [-0.39, 0.29) is 12.3 Å². The molecule has 1 amide bonds. The summed E-state index contributed by atoms with van der Waals surface area (Å²) in [5, 5.41) is 20.6. The number of nitrogens with zero attached hydrogens (tertiary/aromatic N) is 2. The molecule has 1 atom stereocenters. The third kappa shape index (κ3) is 4.40. The zero-order valence-electron chi connectivity index (χ0n) is 11.0. The molecule has 1 N–H and O–H groups in total. The van der Waals surface area contributed by atoms with E-state index in [0.717, 1.165) is 21.8 Å². The number of hydrogen-bond acceptors (Lipinski definition) is 6. The molecule has 0 aromatic heterocycles. The van der Waals surface area contributed by atoms with Gasteiger partial charge in [-0.05, 0) is 24.6 Å². The van der Waals surface area contributed by atoms with Crippen LogP contribution in [0.1, 0.15) is 18.9 Å². The lowest BCUT2D eigenvalue weighted by atomic mass is 10.1. The predicted molar refractivity (Wildman–Crippen MR) is 82.9 cm³/mol. The fourth-order valence-electron chi connectivity index (χ4n) is 1.61. The second kappa shape index (κ2) is 6.86. The Morgan fingerprint density at radius 2 is 2.10 bits per heavy atom. The summed E-state index contributed by atoms with van der Waals surface area (Å²) in [6.45, 7) is 1.80. The van der Waals surface area contributed by atoms with Crippen LogP contribution in [-0.2, 0) is 9.59 Å². The number of benzene rings is 1. The van der Waals surface area contributed by atoms with E-state index in [9.17, 15) is 14.7 Å². The summed E-state index contributed by atoms with van der Waals surface area (Å²) in [6, 6.07) is 7.57. The number of rotatable bonds is 4. The smallest absolute Gasteiger partial charge is 0.239 e. The number of carbonyl (C=O) groups excluding carboxylic acids is 2. The first-order valence-corrected chi connectivity index (χ1v) is 7.68. The summed E-state index contributed by atoms with van der Waals surface area (Å²) in [4.78, 5) is 22.0. The minimum absolute atomic E-state index is 0.294. The van der Waals surface area contributed by atoms with Gasteiger partial charge in [0.15, 0.2) is 5.17 Å². The van der Waals surface area contributed by atoms with Crippen LogP contribution in [0.3, 0.4) is 0 Å². The molecule has 1 aromatic rings. The molecule has 1 saturated heterocycles. The van der Waals surface area contributed by atoms with Crippen molar-refractivity contribution in [3.05, 3.63) is 34.3 Å². The van der Waals surface area contributed by atoms with Crippen LogP contribution < -0.4 is 10.4 Å². The Labute approximate surface area is 133 Å². The van der Waals surface area contributed by atoms with Gasteiger partial charge in [0.25, 0.3) is 0 Å². The summed E-state index contributed by atoms with van der Waals surface area (Å²) in [5.41, 5.74) is 1.59. The van der Waals surface area contributed by atoms with Crippen LogP contribution >= 0.6 is 27.7 Å². The zero-order valence-corrected chi connectivity index (χ0v) is 13.4. The Hall–Kier alpha value is -1.67. The average molecular weight is 369 g/mol. The van der Waals surface area contributed by atoms with Crippen molar-refractivity contribution in [2.45, 2.75) is 18.6 Å². The zero-order chi connectivity index (χ0) is 15.4. The van der Waals surface area contributed by atoms with Gasteiger partial charge in [0.2, 0.25) is 5.91 Å². The predicted octanol–water partition coefficient (Wildman–Crippen LogP) is 0.901. The molecule has 2 rings (SSSR count). The summed E-state index contributed by atoms with van der Waals surface area (Å²) < 4.78 is 0.967. The molecule has 1 heterocycles. The molecule has 8 heteroatoms. The first kappa shape index (κ1) is 15.7. The first-order chi connectivity index (χ1) is 9.95. The lowest BCUT2D eigenvalue weighted by Gasteiger charge is -2.04. The molecule has 0 saturated carbocycles. The maximum Gasteiger partial charge on any atom is 0.239 e. The highest BCUT2D eigenvalue weighted by Crippen LogP contribution is 2.22. The van der Waals surface area contributed by atoms with Crippen LogP contribution in [0.4, 0.5) is 0 Å². The standard InChI is InChI=1S/C13H12BrN3O3S/c1-7(8-2-4-9(14)5-3-8)16-17-13-15-12(20)10(21-13)6-11(18)19/h2-5,10H,6H2,1H3,(H,18,19)(H,15,17,20)/p-1/t10-/m1/s1. The number of nitrogens with one attached hydrogen (secondary N) is 1. The summed E-state index contributed by atoms with van der Waals surface area (Å²) in [5.74, 6) is -1.65. The number of halogens is 1. The van der Waals surface area contributed by atoms with Crippen LogP contribution in [0, 0.1) is 0 Å². The second-order valence-corrected chi connectivity index (χ2v) is 6.38. The molecule has 0 radical (unpaired) electrons. The Kier molecular flexibility index (Phi) is 5.13. The Bertz CT molecular complexity index is 628. The Morgan fingerprint density at radius 1 is 1.43 bits per heavy atom. The fraction of sp³-hybridized carbons (Fsp3) is 0.231. The van der Waals surface area contributed by atoms with Gasteiger partial charge in [-0.2, -0.15) is 5.10 Å². The van der Waals surface area contributed by atoms with Crippen LogP contribution in [-0.4, -0.2) is 28.0 Å². The molecule has 1 fully saturated rings. The van der Waals surface area contributed by atoms with Crippen molar-refractivity contribution >= 4 is 50.4 Å². The molecule has 6 nitrogen and oxygen atoms in total. The molecule has 0 unspecified atom stereocenters. The van der Waals surface area contributed by atoms with Gasteiger partial charge >= 0.3 is 0 Å². The first-order valence-electron chi connectivity index (χ1n) is 6.01. The molecule has 21 heavy (non-hydrogen) atoms. The molecular weight excluding hydrogens is 358 g/mol. The van der Waals surface area contributed by atoms with Crippen molar-refractivity contribution < 1.29 is 14.7 Å². The summed E-state index contributed by atoms with van der Waals surface area (Å²) in [6.07, 6.45) is -0.342. The number of aliphatic carboxylic acids is 1. The Morgan fingerprint density at radius 3 is 2.71 bits per heavy atom. The van der Waals surface area contributed by atoms with E-state index in [1.54, 1.807) is 6.92 Å². The van der Waals surface area contributed by atoms with Gasteiger partial charge in [-0.3, -0.25) is 4.79 Å². The van der Waals surface area contributed by atoms with Gasteiger partial charge in [0.05, 0.1) is 11.0 Å². The number of amidine groups is 1. The van der Waals surface area contributed by atoms with Gasteiger partial charge in [-0.15, -0.1) is 5.10 Å². The van der Waals surface area contributed by atoms with Crippen molar-refractivity contribution in [1.29, 1.82) is 0 Å². The summed E-state index contributed by atoms with van der Waals surface area (Å²) >= 11 is 4.39. The number of carboxylic acids is 1. The largest absolute Gasteiger partial charge is 0.550 e. The topological polar surface area (TPSA) is 94.0 Å². The fourth-order valence-corrected chi connectivity index (χ4v) is 2.77. The van der Waals surface area contributed by atoms with E-state index < -0.39 is 11.2 Å². The van der Waals surface area contributed by atoms with Crippen molar-refractivity contribution in [3.63, 3.8) is 0 Å². The van der Waals surface area contributed by atoms with Crippen LogP contribution in [0.5, 0.6) is 0 Å². The van der Waals surface area contributed by atoms with E-state index in [0.29, 0.717) is 10.9 Å². The van der Waals surface area contributed by atoms with E-state index in [4.69, 9.17) is 0 Å². The number of hydrogen-bond donors (Lipinski definition) is 1. The molecule has 1 aromatic carbocycles. The van der Waals surface area contributed by atoms with E-state index in [1.807, 2.05) is 24.3 Å². The van der Waals surface area contributed by atoms with Crippen molar-refractivity contribution in [1.82, 2.24) is 5.32 Å². The lowest BCUT2D eigenvalue weighted by Crippen LogP contribution is -2.31. The quantitative estimate of drug-likeness (QED) is 0.630. The van der Waals surface area contributed by atoms with Gasteiger partial charge in [0.1, 0.15) is 0 Å². The van der Waals surface area contributed by atoms with E-state index >= 15 is 0 Å². The highest BCUT2D eigenvalue weighted by molar-refractivity contribution is 9.10. The average Bonchev–Trinajstić information content (AvgIpc) is 2.77. The molecule has 0 spiro atoms. The number of thioether (sulfide) groups is 1. The third-order valence-corrected chi connectivity index (χ3v) is 4.28. The van der Waals surface area contributed by atoms with E-state index in [1.165, 1.54) is 0 Å². The second-order valence-electron chi connectivity index (χ2n) is 4.27. The molecule has 1 aliphatic rings. The molecular formula is C13H11BrN3O3S-. The normalized spacial score (nSPS) is 20.7. The monoisotopic (exact) mass is 368 g/mol. The lowest BCUT2D eigenvalue weighted by molar-refractivity contribution is -0.305. The van der Waals surface area contributed by atoms with Crippen molar-refractivity contribution in [2.75, 3.05) is 0 Å². The van der Waals surface area contributed by atoms with Gasteiger partial charge in [0, 0.05) is 16.9 Å². The maximum atomic E-state index is 11.5. The highest BCUT2D eigenvalue weighted by atomic mass is 79.9. The van der Waals surface area contributed by atoms with Crippen LogP contribution in [0.25, 0.3) is 0 Å². The minimum atomic E-state index is -1.27. The molecule has 110 valence electrons. The number of amides is 1. The van der Waals surface area contributed by atoms with Gasteiger partial charge < -0.3 is 15.2 Å². The summed E-state index contributed by atoms with van der Waals surface area (Å²) in [7, 11) is 0. The SMILES string of the molecule is CC(=N/N=C1/NC(=O)[C@@H](CC(=O)[O-])S1)c1ccc(Br)cc1. The van der Waals surface area contributed by atoms with Crippen molar-refractivity contribution in [2.24, 2.45) is 10.2 Å². The van der Waals surface area contributed by atoms with E-state index in [2.05, 4.69) is 31.4 Å². The van der Waals surface area contributed by atoms with Crippen LogP contribution in [0.15, 0.2) is 38.9 Å². The van der Waals surface area contributed by atoms with Gasteiger partial charge in [-0.25, -0.2) is 0 Å². The third-order valence-electron chi connectivity index (χ3n) is 2.68. The maximum absolute atomic E-state index is 11.5. The minimum Gasteiger partial charge on any atom is -0.550 e.